The Morgan fingerprint density at radius 3 is 3.12 bits per heavy atom. The third-order valence-corrected chi connectivity index (χ3v) is 4.63. The molecule has 1 aromatic heterocycles. The van der Waals surface area contributed by atoms with Crippen LogP contribution in [0.1, 0.15) is 32.0 Å². The highest BCUT2D eigenvalue weighted by Crippen LogP contribution is 2.39. The van der Waals surface area contributed by atoms with Gasteiger partial charge in [0, 0.05) is 37.6 Å². The highest BCUT2D eigenvalue weighted by atomic mass is 15.3. The lowest BCUT2D eigenvalue weighted by Gasteiger charge is -2.43. The topological polar surface area (TPSA) is 47.1 Å². The Labute approximate surface area is 103 Å². The van der Waals surface area contributed by atoms with Crippen molar-refractivity contribution in [2.75, 3.05) is 13.1 Å². The van der Waals surface area contributed by atoms with Gasteiger partial charge in [-0.25, -0.2) is 4.98 Å². The fourth-order valence-corrected chi connectivity index (χ4v) is 3.55. The molecular weight excluding hydrogens is 212 g/mol. The van der Waals surface area contributed by atoms with E-state index in [0.717, 1.165) is 32.1 Å². The summed E-state index contributed by atoms with van der Waals surface area (Å²) in [5, 5.41) is 0. The van der Waals surface area contributed by atoms with Gasteiger partial charge in [0.25, 0.3) is 0 Å². The summed E-state index contributed by atoms with van der Waals surface area (Å²) in [6, 6.07) is 0. The van der Waals surface area contributed by atoms with E-state index in [-0.39, 0.29) is 5.54 Å². The van der Waals surface area contributed by atoms with E-state index in [9.17, 15) is 0 Å². The lowest BCUT2D eigenvalue weighted by Crippen LogP contribution is -2.54. The Morgan fingerprint density at radius 2 is 2.41 bits per heavy atom. The summed E-state index contributed by atoms with van der Waals surface area (Å²) < 4.78 is 2.26. The van der Waals surface area contributed by atoms with E-state index in [1.807, 2.05) is 6.20 Å². The van der Waals surface area contributed by atoms with Crippen LogP contribution in [0.25, 0.3) is 0 Å². The molecule has 0 aromatic carbocycles. The van der Waals surface area contributed by atoms with Crippen molar-refractivity contribution in [3.63, 3.8) is 0 Å². The molecule has 0 bridgehead atoms. The maximum absolute atomic E-state index is 6.09. The highest BCUT2D eigenvalue weighted by Gasteiger charge is 2.42. The second-order valence-electron chi connectivity index (χ2n) is 5.73. The molecule has 2 N–H and O–H groups in total. The summed E-state index contributed by atoms with van der Waals surface area (Å²) in [4.78, 5) is 7.03. The van der Waals surface area contributed by atoms with Crippen molar-refractivity contribution in [3.05, 3.63) is 18.2 Å². The Kier molecular flexibility index (Phi) is 2.71. The van der Waals surface area contributed by atoms with E-state index in [1.54, 1.807) is 0 Å². The molecule has 94 valence electrons. The number of fused-ring (bicyclic) bond motifs is 1. The zero-order chi connectivity index (χ0) is 11.9. The molecule has 4 heteroatoms. The molecule has 0 amide bonds. The molecule has 0 radical (unpaired) electrons. The summed E-state index contributed by atoms with van der Waals surface area (Å²) in [5.41, 5.74) is 6.33. The van der Waals surface area contributed by atoms with Crippen LogP contribution in [0.15, 0.2) is 12.4 Å². The summed E-state index contributed by atoms with van der Waals surface area (Å²) in [7, 11) is 0. The number of rotatable bonds is 2. The first-order valence-electron chi connectivity index (χ1n) is 6.69. The Morgan fingerprint density at radius 1 is 1.53 bits per heavy atom. The summed E-state index contributed by atoms with van der Waals surface area (Å²) in [6.07, 6.45) is 7.82. The molecular formula is C13H22N4. The van der Waals surface area contributed by atoms with Gasteiger partial charge in [0.2, 0.25) is 0 Å². The van der Waals surface area contributed by atoms with E-state index >= 15 is 0 Å². The third kappa shape index (κ3) is 1.79. The van der Waals surface area contributed by atoms with Gasteiger partial charge < -0.3 is 10.3 Å². The standard InChI is InChI=1S/C13H22N4/c1-11-2-3-13(8-11,10-14)17-7-6-16-5-4-15-12(16)9-17/h4-5,11H,2-3,6-10,14H2,1H3. The van der Waals surface area contributed by atoms with Gasteiger partial charge in [0.1, 0.15) is 5.82 Å². The number of imidazole rings is 1. The van der Waals surface area contributed by atoms with Crippen molar-refractivity contribution in [1.29, 1.82) is 0 Å². The molecule has 17 heavy (non-hydrogen) atoms. The lowest BCUT2D eigenvalue weighted by atomic mass is 9.93. The van der Waals surface area contributed by atoms with Crippen LogP contribution < -0.4 is 5.73 Å². The Hall–Kier alpha value is -0.870. The van der Waals surface area contributed by atoms with Gasteiger partial charge in [-0.3, -0.25) is 4.90 Å². The quantitative estimate of drug-likeness (QED) is 0.837. The zero-order valence-electron chi connectivity index (χ0n) is 10.6. The van der Waals surface area contributed by atoms with E-state index in [4.69, 9.17) is 5.73 Å². The molecule has 1 aliphatic heterocycles. The monoisotopic (exact) mass is 234 g/mol. The molecule has 2 atom stereocenters. The second-order valence-corrected chi connectivity index (χ2v) is 5.73. The van der Waals surface area contributed by atoms with Crippen LogP contribution in [-0.4, -0.2) is 33.1 Å². The number of nitrogens with two attached hydrogens (primary N) is 1. The van der Waals surface area contributed by atoms with Crippen molar-refractivity contribution in [2.24, 2.45) is 11.7 Å². The Balaban J connectivity index is 1.81. The molecule has 2 aliphatic rings. The van der Waals surface area contributed by atoms with Crippen LogP contribution in [0, 0.1) is 5.92 Å². The van der Waals surface area contributed by atoms with Crippen molar-refractivity contribution in [3.8, 4) is 0 Å². The van der Waals surface area contributed by atoms with Crippen LogP contribution in [0.2, 0.25) is 0 Å². The van der Waals surface area contributed by atoms with Gasteiger partial charge in [-0.2, -0.15) is 0 Å². The molecule has 1 aliphatic carbocycles. The molecule has 0 spiro atoms. The largest absolute Gasteiger partial charge is 0.333 e. The molecule has 4 nitrogen and oxygen atoms in total. The number of hydrogen-bond acceptors (Lipinski definition) is 3. The first-order chi connectivity index (χ1) is 8.23. The van der Waals surface area contributed by atoms with Gasteiger partial charge in [-0.15, -0.1) is 0 Å². The third-order valence-electron chi connectivity index (χ3n) is 4.63. The van der Waals surface area contributed by atoms with Crippen molar-refractivity contribution >= 4 is 0 Å². The van der Waals surface area contributed by atoms with Crippen LogP contribution in [-0.2, 0) is 13.1 Å². The molecule has 1 fully saturated rings. The highest BCUT2D eigenvalue weighted by molar-refractivity contribution is 5.03. The van der Waals surface area contributed by atoms with Crippen LogP contribution >= 0.6 is 0 Å². The minimum atomic E-state index is 0.247. The van der Waals surface area contributed by atoms with Crippen LogP contribution in [0.5, 0.6) is 0 Å². The lowest BCUT2D eigenvalue weighted by molar-refractivity contribution is 0.0650. The first kappa shape index (κ1) is 11.2. The summed E-state index contributed by atoms with van der Waals surface area (Å²) in [5.74, 6) is 2.02. The molecule has 3 rings (SSSR count). The SMILES string of the molecule is CC1CCC(CN)(N2CCn3ccnc3C2)C1. The van der Waals surface area contributed by atoms with Crippen molar-refractivity contribution in [2.45, 2.75) is 44.8 Å². The van der Waals surface area contributed by atoms with E-state index in [2.05, 4.69) is 27.6 Å². The predicted octanol–water partition coefficient (Wildman–Crippen LogP) is 1.22. The average Bonchev–Trinajstić information content (AvgIpc) is 2.94. The summed E-state index contributed by atoms with van der Waals surface area (Å²) in [6.45, 7) is 6.29. The maximum Gasteiger partial charge on any atom is 0.122 e. The average molecular weight is 234 g/mol. The fraction of sp³-hybridized carbons (Fsp3) is 0.769. The molecule has 2 unspecified atom stereocenters. The summed E-state index contributed by atoms with van der Waals surface area (Å²) >= 11 is 0. The minimum absolute atomic E-state index is 0.247. The van der Waals surface area contributed by atoms with Gasteiger partial charge >= 0.3 is 0 Å². The van der Waals surface area contributed by atoms with E-state index < -0.39 is 0 Å². The first-order valence-corrected chi connectivity index (χ1v) is 6.69. The minimum Gasteiger partial charge on any atom is -0.333 e. The number of hydrogen-bond donors (Lipinski definition) is 1. The molecule has 1 aromatic rings. The van der Waals surface area contributed by atoms with Crippen LogP contribution in [0.3, 0.4) is 0 Å². The maximum atomic E-state index is 6.09. The second kappa shape index (κ2) is 4.10. The molecule has 0 saturated heterocycles. The van der Waals surface area contributed by atoms with Gasteiger partial charge in [-0.1, -0.05) is 6.92 Å². The molecule has 1 saturated carbocycles. The molecule has 2 heterocycles. The smallest absolute Gasteiger partial charge is 0.122 e. The Bertz CT molecular complexity index is 400. The van der Waals surface area contributed by atoms with Crippen LogP contribution in [0.4, 0.5) is 0 Å². The number of nitrogens with zero attached hydrogens (tertiary/aromatic N) is 3. The zero-order valence-corrected chi connectivity index (χ0v) is 10.6. The van der Waals surface area contributed by atoms with Gasteiger partial charge in [-0.05, 0) is 25.2 Å². The van der Waals surface area contributed by atoms with E-state index in [0.29, 0.717) is 0 Å². The van der Waals surface area contributed by atoms with Crippen molar-refractivity contribution in [1.82, 2.24) is 14.5 Å². The normalized spacial score (nSPS) is 33.9. The van der Waals surface area contributed by atoms with Gasteiger partial charge in [0.05, 0.1) is 6.54 Å². The predicted molar refractivity (Wildman–Crippen MR) is 67.4 cm³/mol. The number of aromatic nitrogens is 2. The van der Waals surface area contributed by atoms with Crippen molar-refractivity contribution < 1.29 is 0 Å². The van der Waals surface area contributed by atoms with E-state index in [1.165, 1.54) is 25.1 Å². The fourth-order valence-electron chi connectivity index (χ4n) is 3.55. The van der Waals surface area contributed by atoms with Gasteiger partial charge in [0.15, 0.2) is 0 Å².